The number of hydrogen-bond donors (Lipinski definition) is 1. The van der Waals surface area contributed by atoms with Crippen LogP contribution < -0.4 is 0 Å². The molecule has 0 aromatic carbocycles. The van der Waals surface area contributed by atoms with E-state index in [0.29, 0.717) is 24.8 Å². The maximum Gasteiger partial charge on any atom is 0.304 e. The predicted molar refractivity (Wildman–Crippen MR) is 73.3 cm³/mol. The first kappa shape index (κ1) is 14.8. The van der Waals surface area contributed by atoms with E-state index in [2.05, 4.69) is 23.6 Å². The van der Waals surface area contributed by atoms with Gasteiger partial charge in [0.1, 0.15) is 0 Å². The lowest BCUT2D eigenvalue weighted by Gasteiger charge is -2.43. The molecule has 2 saturated heterocycles. The van der Waals surface area contributed by atoms with Crippen molar-refractivity contribution < 1.29 is 14.6 Å². The van der Waals surface area contributed by atoms with Crippen molar-refractivity contribution in [3.63, 3.8) is 0 Å². The van der Waals surface area contributed by atoms with Crippen LogP contribution in [0.5, 0.6) is 0 Å². The van der Waals surface area contributed by atoms with Crippen LogP contribution in [-0.2, 0) is 9.53 Å². The highest BCUT2D eigenvalue weighted by molar-refractivity contribution is 5.66. The van der Waals surface area contributed by atoms with Gasteiger partial charge in [0.05, 0.1) is 18.6 Å². The molecule has 2 rings (SSSR count). The van der Waals surface area contributed by atoms with Gasteiger partial charge < -0.3 is 14.7 Å². The third-order valence-electron chi connectivity index (χ3n) is 4.24. The fraction of sp³-hybridized carbons (Fsp3) is 0.929. The minimum absolute atomic E-state index is 0.255. The number of aliphatic carboxylic acids is 1. The van der Waals surface area contributed by atoms with E-state index in [1.54, 1.807) is 0 Å². The lowest BCUT2D eigenvalue weighted by molar-refractivity contribution is -0.137. The van der Waals surface area contributed by atoms with Gasteiger partial charge in [0.15, 0.2) is 0 Å². The molecule has 0 aliphatic carbocycles. The number of nitrogens with zero attached hydrogens (tertiary/aromatic N) is 2. The summed E-state index contributed by atoms with van der Waals surface area (Å²) in [5.41, 5.74) is 0. The van der Waals surface area contributed by atoms with E-state index in [4.69, 9.17) is 9.84 Å². The first-order chi connectivity index (χ1) is 9.04. The fourth-order valence-corrected chi connectivity index (χ4v) is 3.27. The second-order valence-corrected chi connectivity index (χ2v) is 5.90. The van der Waals surface area contributed by atoms with Crippen LogP contribution in [0, 0.1) is 0 Å². The zero-order valence-electron chi connectivity index (χ0n) is 12.0. The molecule has 0 aromatic rings. The molecule has 2 aliphatic rings. The summed E-state index contributed by atoms with van der Waals surface area (Å²) in [6.45, 7) is 9.11. The minimum Gasteiger partial charge on any atom is -0.481 e. The molecule has 2 atom stereocenters. The van der Waals surface area contributed by atoms with E-state index in [1.807, 2.05) is 0 Å². The highest BCUT2D eigenvalue weighted by Gasteiger charge is 2.30. The van der Waals surface area contributed by atoms with E-state index >= 15 is 0 Å². The minimum atomic E-state index is -0.700. The van der Waals surface area contributed by atoms with Crippen LogP contribution in [-0.4, -0.2) is 71.8 Å². The number of ether oxygens (including phenoxy) is 1. The number of carbonyl (C=O) groups is 1. The predicted octanol–water partition coefficient (Wildman–Crippen LogP) is 1.03. The SMILES string of the molecule is CC1CC(N2CCN(CCC(=O)O)CC2)CC(C)O1. The summed E-state index contributed by atoms with van der Waals surface area (Å²) in [6.07, 6.45) is 3.22. The Kier molecular flexibility index (Phi) is 5.19. The van der Waals surface area contributed by atoms with Gasteiger partial charge in [-0.1, -0.05) is 0 Å². The molecular weight excluding hydrogens is 244 g/mol. The third kappa shape index (κ3) is 4.44. The van der Waals surface area contributed by atoms with E-state index < -0.39 is 5.97 Å². The Morgan fingerprint density at radius 3 is 2.26 bits per heavy atom. The number of rotatable bonds is 4. The second kappa shape index (κ2) is 6.68. The standard InChI is InChI=1S/C14H26N2O3/c1-11-9-13(10-12(2)19-11)16-7-5-15(6-8-16)4-3-14(17)18/h11-13H,3-10H2,1-2H3,(H,17,18). The summed E-state index contributed by atoms with van der Waals surface area (Å²) >= 11 is 0. The quantitative estimate of drug-likeness (QED) is 0.827. The van der Waals surface area contributed by atoms with Gasteiger partial charge in [0, 0.05) is 38.8 Å². The van der Waals surface area contributed by atoms with Crippen LogP contribution in [0.2, 0.25) is 0 Å². The molecule has 0 amide bonds. The molecule has 0 saturated carbocycles. The summed E-state index contributed by atoms with van der Waals surface area (Å²) in [7, 11) is 0. The first-order valence-electron chi connectivity index (χ1n) is 7.38. The van der Waals surface area contributed by atoms with E-state index in [-0.39, 0.29) is 6.42 Å². The molecule has 0 spiro atoms. The molecule has 0 bridgehead atoms. The first-order valence-corrected chi connectivity index (χ1v) is 7.38. The summed E-state index contributed by atoms with van der Waals surface area (Å²) < 4.78 is 5.79. The third-order valence-corrected chi connectivity index (χ3v) is 4.24. The molecule has 19 heavy (non-hydrogen) atoms. The average molecular weight is 270 g/mol. The van der Waals surface area contributed by atoms with Gasteiger partial charge in [-0.25, -0.2) is 0 Å². The number of hydrogen-bond acceptors (Lipinski definition) is 4. The molecule has 0 radical (unpaired) electrons. The topological polar surface area (TPSA) is 53.0 Å². The second-order valence-electron chi connectivity index (χ2n) is 5.90. The fourth-order valence-electron chi connectivity index (χ4n) is 3.27. The Labute approximate surface area is 115 Å². The molecular formula is C14H26N2O3. The Hall–Kier alpha value is -0.650. The average Bonchev–Trinajstić information content (AvgIpc) is 2.36. The molecule has 5 heteroatoms. The Morgan fingerprint density at radius 2 is 1.74 bits per heavy atom. The van der Waals surface area contributed by atoms with Gasteiger partial charge in [-0.15, -0.1) is 0 Å². The Bertz CT molecular complexity index is 293. The van der Waals surface area contributed by atoms with Crippen LogP contribution in [0.3, 0.4) is 0 Å². The molecule has 110 valence electrons. The highest BCUT2D eigenvalue weighted by Crippen LogP contribution is 2.24. The van der Waals surface area contributed by atoms with Gasteiger partial charge >= 0.3 is 5.97 Å². The van der Waals surface area contributed by atoms with Crippen molar-refractivity contribution in [1.29, 1.82) is 0 Å². The molecule has 2 heterocycles. The number of piperazine rings is 1. The van der Waals surface area contributed by atoms with Crippen molar-refractivity contribution in [2.24, 2.45) is 0 Å². The van der Waals surface area contributed by atoms with Crippen LogP contribution in [0.25, 0.3) is 0 Å². The van der Waals surface area contributed by atoms with E-state index in [0.717, 1.165) is 39.0 Å². The summed E-state index contributed by atoms with van der Waals surface area (Å²) in [6, 6.07) is 0.639. The van der Waals surface area contributed by atoms with Crippen LogP contribution in [0.15, 0.2) is 0 Å². The summed E-state index contributed by atoms with van der Waals surface area (Å²) in [4.78, 5) is 15.4. The van der Waals surface area contributed by atoms with Gasteiger partial charge in [-0.3, -0.25) is 9.69 Å². The summed E-state index contributed by atoms with van der Waals surface area (Å²) in [5.74, 6) is -0.700. The monoisotopic (exact) mass is 270 g/mol. The Balaban J connectivity index is 1.74. The largest absolute Gasteiger partial charge is 0.481 e. The van der Waals surface area contributed by atoms with Crippen molar-refractivity contribution in [3.05, 3.63) is 0 Å². The van der Waals surface area contributed by atoms with Crippen LogP contribution >= 0.6 is 0 Å². The van der Waals surface area contributed by atoms with Gasteiger partial charge in [-0.05, 0) is 26.7 Å². The summed E-state index contributed by atoms with van der Waals surface area (Å²) in [5, 5.41) is 8.71. The van der Waals surface area contributed by atoms with Gasteiger partial charge in [0.2, 0.25) is 0 Å². The normalized spacial score (nSPS) is 34.3. The van der Waals surface area contributed by atoms with Crippen molar-refractivity contribution in [2.75, 3.05) is 32.7 Å². The van der Waals surface area contributed by atoms with Crippen molar-refractivity contribution in [2.45, 2.75) is 51.4 Å². The molecule has 1 N–H and O–H groups in total. The number of carboxylic acid groups (broad SMARTS) is 1. The van der Waals surface area contributed by atoms with E-state index in [9.17, 15) is 4.79 Å². The molecule has 2 aliphatic heterocycles. The highest BCUT2D eigenvalue weighted by atomic mass is 16.5. The van der Waals surface area contributed by atoms with Crippen molar-refractivity contribution in [1.82, 2.24) is 9.80 Å². The van der Waals surface area contributed by atoms with Gasteiger partial charge in [-0.2, -0.15) is 0 Å². The number of carboxylic acids is 1. The molecule has 5 nitrogen and oxygen atoms in total. The lowest BCUT2D eigenvalue weighted by Crippen LogP contribution is -2.53. The maximum absolute atomic E-state index is 10.6. The molecule has 2 unspecified atom stereocenters. The smallest absolute Gasteiger partial charge is 0.304 e. The van der Waals surface area contributed by atoms with E-state index in [1.165, 1.54) is 0 Å². The maximum atomic E-state index is 10.6. The molecule has 0 aromatic heterocycles. The molecule has 2 fully saturated rings. The van der Waals surface area contributed by atoms with Crippen molar-refractivity contribution in [3.8, 4) is 0 Å². The van der Waals surface area contributed by atoms with Crippen molar-refractivity contribution >= 4 is 5.97 Å². The van der Waals surface area contributed by atoms with Crippen LogP contribution in [0.4, 0.5) is 0 Å². The van der Waals surface area contributed by atoms with Crippen LogP contribution in [0.1, 0.15) is 33.1 Å². The lowest BCUT2D eigenvalue weighted by atomic mass is 9.97. The zero-order chi connectivity index (χ0) is 13.8. The van der Waals surface area contributed by atoms with Gasteiger partial charge in [0.25, 0.3) is 0 Å². The zero-order valence-corrected chi connectivity index (χ0v) is 12.0. The Morgan fingerprint density at radius 1 is 1.16 bits per heavy atom.